The molecule has 0 bridgehead atoms. The quantitative estimate of drug-likeness (QED) is 0.763. The minimum atomic E-state index is 0.140. The van der Waals surface area contributed by atoms with Gasteiger partial charge in [-0.1, -0.05) is 20.8 Å². The Hall–Kier alpha value is -1.63. The van der Waals surface area contributed by atoms with Gasteiger partial charge < -0.3 is 4.90 Å². The lowest BCUT2D eigenvalue weighted by Crippen LogP contribution is -2.40. The van der Waals surface area contributed by atoms with E-state index in [2.05, 4.69) is 37.7 Å². The second kappa shape index (κ2) is 4.48. The molecule has 1 aromatic rings. The van der Waals surface area contributed by atoms with Gasteiger partial charge in [-0.25, -0.2) is 9.97 Å². The molecule has 1 unspecified atom stereocenters. The second-order valence-electron chi connectivity index (χ2n) is 5.01. The fourth-order valence-electron chi connectivity index (χ4n) is 1.33. The number of hydrogen-bond donors (Lipinski definition) is 0. The van der Waals surface area contributed by atoms with Crippen molar-refractivity contribution in [1.29, 1.82) is 5.26 Å². The Balaban J connectivity index is 2.97. The van der Waals surface area contributed by atoms with Crippen LogP contribution in [0.4, 0.5) is 5.95 Å². The average molecular weight is 218 g/mol. The standard InChI is InChI=1S/C12H18N4/c1-9(12(2,3)4)16(5)11-14-7-6-10(8-13)15-11/h6-7,9H,1-5H3. The van der Waals surface area contributed by atoms with E-state index in [1.165, 1.54) is 0 Å². The van der Waals surface area contributed by atoms with Crippen LogP contribution in [-0.4, -0.2) is 23.1 Å². The molecule has 0 aromatic carbocycles. The van der Waals surface area contributed by atoms with Crippen LogP contribution >= 0.6 is 0 Å². The van der Waals surface area contributed by atoms with Crippen LogP contribution in [-0.2, 0) is 0 Å². The molecule has 0 aliphatic heterocycles. The third-order valence-electron chi connectivity index (χ3n) is 2.91. The summed E-state index contributed by atoms with van der Waals surface area (Å²) in [6, 6.07) is 3.93. The normalized spacial score (nSPS) is 13.0. The van der Waals surface area contributed by atoms with Gasteiger partial charge in [-0.15, -0.1) is 0 Å². The zero-order valence-electron chi connectivity index (χ0n) is 10.5. The van der Waals surface area contributed by atoms with Crippen LogP contribution in [0.2, 0.25) is 0 Å². The smallest absolute Gasteiger partial charge is 0.226 e. The van der Waals surface area contributed by atoms with E-state index in [1.807, 2.05) is 18.0 Å². The molecule has 0 aliphatic carbocycles. The first-order valence-electron chi connectivity index (χ1n) is 5.32. The van der Waals surface area contributed by atoms with Crippen molar-refractivity contribution in [3.63, 3.8) is 0 Å². The highest BCUT2D eigenvalue weighted by Gasteiger charge is 2.25. The molecule has 4 nitrogen and oxygen atoms in total. The van der Waals surface area contributed by atoms with E-state index in [0.717, 1.165) is 0 Å². The molecular formula is C12H18N4. The van der Waals surface area contributed by atoms with Crippen LogP contribution in [0, 0.1) is 16.7 Å². The summed E-state index contributed by atoms with van der Waals surface area (Å²) in [5, 5.41) is 8.78. The number of hydrogen-bond acceptors (Lipinski definition) is 4. The van der Waals surface area contributed by atoms with Gasteiger partial charge in [0.05, 0.1) is 0 Å². The van der Waals surface area contributed by atoms with Crippen molar-refractivity contribution in [2.24, 2.45) is 5.41 Å². The molecule has 1 aromatic heterocycles. The molecule has 86 valence electrons. The third-order valence-corrected chi connectivity index (χ3v) is 2.91. The summed E-state index contributed by atoms with van der Waals surface area (Å²) < 4.78 is 0. The first-order chi connectivity index (χ1) is 7.36. The lowest BCUT2D eigenvalue weighted by atomic mass is 9.87. The maximum absolute atomic E-state index is 8.78. The minimum absolute atomic E-state index is 0.140. The van der Waals surface area contributed by atoms with Crippen LogP contribution in [0.25, 0.3) is 0 Å². The zero-order chi connectivity index (χ0) is 12.3. The summed E-state index contributed by atoms with van der Waals surface area (Å²) >= 11 is 0. The second-order valence-corrected chi connectivity index (χ2v) is 5.01. The van der Waals surface area contributed by atoms with Crippen LogP contribution in [0.5, 0.6) is 0 Å². The molecular weight excluding hydrogens is 200 g/mol. The van der Waals surface area contributed by atoms with E-state index in [4.69, 9.17) is 5.26 Å². The molecule has 0 aliphatic rings. The Bertz CT molecular complexity index is 400. The molecule has 0 radical (unpaired) electrons. The number of anilines is 1. The molecule has 1 heterocycles. The van der Waals surface area contributed by atoms with E-state index < -0.39 is 0 Å². The highest BCUT2D eigenvalue weighted by molar-refractivity contribution is 5.34. The van der Waals surface area contributed by atoms with Crippen LogP contribution in [0.3, 0.4) is 0 Å². The largest absolute Gasteiger partial charge is 0.341 e. The molecule has 0 spiro atoms. The van der Waals surface area contributed by atoms with Crippen LogP contribution in [0.15, 0.2) is 12.3 Å². The molecule has 1 atom stereocenters. The SMILES string of the molecule is CC(N(C)c1nccc(C#N)n1)C(C)(C)C. The van der Waals surface area contributed by atoms with Gasteiger partial charge >= 0.3 is 0 Å². The third kappa shape index (κ3) is 2.69. The zero-order valence-corrected chi connectivity index (χ0v) is 10.5. The van der Waals surface area contributed by atoms with E-state index >= 15 is 0 Å². The topological polar surface area (TPSA) is 52.8 Å². The summed E-state index contributed by atoms with van der Waals surface area (Å²) in [5.74, 6) is 0.599. The summed E-state index contributed by atoms with van der Waals surface area (Å²) in [7, 11) is 1.95. The Morgan fingerprint density at radius 3 is 2.56 bits per heavy atom. The number of nitrogens with zero attached hydrogens (tertiary/aromatic N) is 4. The molecule has 0 saturated heterocycles. The van der Waals surface area contributed by atoms with Gasteiger partial charge in [0.25, 0.3) is 0 Å². The maximum Gasteiger partial charge on any atom is 0.226 e. The minimum Gasteiger partial charge on any atom is -0.341 e. The summed E-state index contributed by atoms with van der Waals surface area (Å²) in [5.41, 5.74) is 0.541. The average Bonchev–Trinajstić information content (AvgIpc) is 2.26. The van der Waals surface area contributed by atoms with Crippen molar-refractivity contribution in [2.75, 3.05) is 11.9 Å². The highest BCUT2D eigenvalue weighted by Crippen LogP contribution is 2.25. The monoisotopic (exact) mass is 218 g/mol. The van der Waals surface area contributed by atoms with E-state index in [0.29, 0.717) is 17.7 Å². The van der Waals surface area contributed by atoms with Crippen molar-refractivity contribution < 1.29 is 0 Å². The van der Waals surface area contributed by atoms with Gasteiger partial charge in [-0.05, 0) is 18.4 Å². The van der Waals surface area contributed by atoms with Crippen molar-refractivity contribution in [3.8, 4) is 6.07 Å². The van der Waals surface area contributed by atoms with Gasteiger partial charge in [0.2, 0.25) is 5.95 Å². The maximum atomic E-state index is 8.78. The van der Waals surface area contributed by atoms with Crippen LogP contribution in [0.1, 0.15) is 33.4 Å². The summed E-state index contributed by atoms with van der Waals surface area (Å²) in [6.07, 6.45) is 1.62. The van der Waals surface area contributed by atoms with Crippen molar-refractivity contribution in [2.45, 2.75) is 33.7 Å². The van der Waals surface area contributed by atoms with Gasteiger partial charge in [0, 0.05) is 19.3 Å². The van der Waals surface area contributed by atoms with Crippen molar-refractivity contribution >= 4 is 5.95 Å². The fourth-order valence-corrected chi connectivity index (χ4v) is 1.33. The Kier molecular flexibility index (Phi) is 3.48. The molecule has 0 fully saturated rings. The highest BCUT2D eigenvalue weighted by atomic mass is 15.3. The number of nitriles is 1. The molecule has 0 saturated carbocycles. The van der Waals surface area contributed by atoms with Crippen LogP contribution < -0.4 is 4.90 Å². The lowest BCUT2D eigenvalue weighted by molar-refractivity contribution is 0.327. The molecule has 4 heteroatoms. The van der Waals surface area contributed by atoms with Crippen molar-refractivity contribution in [3.05, 3.63) is 18.0 Å². The van der Waals surface area contributed by atoms with Gasteiger partial charge in [0.1, 0.15) is 11.8 Å². The van der Waals surface area contributed by atoms with Gasteiger partial charge in [-0.3, -0.25) is 0 Å². The number of aromatic nitrogens is 2. The first-order valence-corrected chi connectivity index (χ1v) is 5.32. The molecule has 0 N–H and O–H groups in total. The summed E-state index contributed by atoms with van der Waals surface area (Å²) in [4.78, 5) is 10.4. The molecule has 0 amide bonds. The Morgan fingerprint density at radius 2 is 2.06 bits per heavy atom. The van der Waals surface area contributed by atoms with E-state index in [-0.39, 0.29) is 5.41 Å². The van der Waals surface area contributed by atoms with Crippen molar-refractivity contribution in [1.82, 2.24) is 9.97 Å². The fraction of sp³-hybridized carbons (Fsp3) is 0.583. The van der Waals surface area contributed by atoms with E-state index in [9.17, 15) is 0 Å². The predicted octanol–water partition coefficient (Wildman–Crippen LogP) is 2.22. The Morgan fingerprint density at radius 1 is 1.44 bits per heavy atom. The molecule has 16 heavy (non-hydrogen) atoms. The predicted molar refractivity (Wildman–Crippen MR) is 64.1 cm³/mol. The Labute approximate surface area is 96.9 Å². The first kappa shape index (κ1) is 12.4. The lowest BCUT2D eigenvalue weighted by Gasteiger charge is -2.35. The summed E-state index contributed by atoms with van der Waals surface area (Å²) in [6.45, 7) is 8.63. The number of rotatable bonds is 2. The van der Waals surface area contributed by atoms with Gasteiger partial charge in [0.15, 0.2) is 0 Å². The van der Waals surface area contributed by atoms with Gasteiger partial charge in [-0.2, -0.15) is 5.26 Å². The van der Waals surface area contributed by atoms with E-state index in [1.54, 1.807) is 12.3 Å². The molecule has 1 rings (SSSR count).